The molecule has 9 heteroatoms. The summed E-state index contributed by atoms with van der Waals surface area (Å²) < 4.78 is 7.69. The van der Waals surface area contributed by atoms with Gasteiger partial charge in [0.05, 0.1) is 12.2 Å². The molecule has 0 aromatic carbocycles. The van der Waals surface area contributed by atoms with Gasteiger partial charge in [-0.05, 0) is 19.1 Å². The Balaban J connectivity index is 1.46. The highest BCUT2D eigenvalue weighted by molar-refractivity contribution is 7.16. The molecule has 1 aliphatic heterocycles. The molecule has 0 radical (unpaired) electrons. The van der Waals surface area contributed by atoms with Crippen LogP contribution in [0.4, 0.5) is 0 Å². The van der Waals surface area contributed by atoms with Gasteiger partial charge < -0.3 is 14.2 Å². The van der Waals surface area contributed by atoms with E-state index in [9.17, 15) is 4.79 Å². The van der Waals surface area contributed by atoms with Gasteiger partial charge in [0.25, 0.3) is 11.8 Å². The lowest BCUT2D eigenvalue weighted by Gasteiger charge is -2.16. The number of rotatable bonds is 4. The van der Waals surface area contributed by atoms with Crippen molar-refractivity contribution in [1.82, 2.24) is 24.4 Å². The summed E-state index contributed by atoms with van der Waals surface area (Å²) in [6.45, 7) is 2.87. The van der Waals surface area contributed by atoms with Crippen LogP contribution >= 0.6 is 11.3 Å². The first-order valence-electron chi connectivity index (χ1n) is 8.43. The zero-order valence-corrected chi connectivity index (χ0v) is 15.4. The number of aryl methyl sites for hydroxylation is 1. The van der Waals surface area contributed by atoms with Gasteiger partial charge in [-0.3, -0.25) is 4.79 Å². The molecule has 4 heterocycles. The quantitative estimate of drug-likeness (QED) is 0.688. The van der Waals surface area contributed by atoms with Crippen LogP contribution in [0.5, 0.6) is 5.88 Å². The summed E-state index contributed by atoms with van der Waals surface area (Å²) in [5.41, 5.74) is 0.871. The van der Waals surface area contributed by atoms with E-state index in [2.05, 4.69) is 15.0 Å². The number of carbonyl (C=O) groups excluding carboxylic acids is 1. The maximum atomic E-state index is 12.9. The lowest BCUT2D eigenvalue weighted by atomic mass is 10.3. The number of likely N-dealkylation sites (tertiary alicyclic amines) is 1. The molecular formula is C18H16N6O2S. The molecule has 3 aromatic rings. The Kier molecular flexibility index (Phi) is 4.56. The normalized spacial score (nSPS) is 16.3. The fourth-order valence-corrected chi connectivity index (χ4v) is 3.95. The van der Waals surface area contributed by atoms with Crippen LogP contribution in [0.3, 0.4) is 0 Å². The van der Waals surface area contributed by atoms with Gasteiger partial charge in [0.15, 0.2) is 5.13 Å². The van der Waals surface area contributed by atoms with Crippen molar-refractivity contribution in [3.8, 4) is 17.1 Å². The number of nitrogens with zero attached hydrogens (tertiary/aromatic N) is 6. The van der Waals surface area contributed by atoms with Crippen molar-refractivity contribution < 1.29 is 9.53 Å². The van der Waals surface area contributed by atoms with E-state index in [0.717, 1.165) is 10.8 Å². The van der Waals surface area contributed by atoms with E-state index in [4.69, 9.17) is 10.00 Å². The van der Waals surface area contributed by atoms with Crippen LogP contribution in [-0.4, -0.2) is 49.5 Å². The van der Waals surface area contributed by atoms with Crippen molar-refractivity contribution in [1.29, 1.82) is 5.26 Å². The first-order chi connectivity index (χ1) is 13.2. The average Bonchev–Trinajstić information content (AvgIpc) is 3.42. The minimum atomic E-state index is -0.213. The summed E-state index contributed by atoms with van der Waals surface area (Å²) in [5, 5.41) is 9.86. The Hall–Kier alpha value is -3.25. The summed E-state index contributed by atoms with van der Waals surface area (Å²) in [4.78, 5) is 27.8. The van der Waals surface area contributed by atoms with Gasteiger partial charge in [0.1, 0.15) is 17.1 Å². The lowest BCUT2D eigenvalue weighted by molar-refractivity contribution is 0.0775. The number of hydrogen-bond donors (Lipinski definition) is 0. The predicted octanol–water partition coefficient (Wildman–Crippen LogP) is 2.20. The SMILES string of the molecule is Cc1nc(-n2cccc2)sc1C(=O)N1CCC(Oc2nccnc2C#N)C1. The van der Waals surface area contributed by atoms with Crippen LogP contribution in [0.2, 0.25) is 0 Å². The highest BCUT2D eigenvalue weighted by Crippen LogP contribution is 2.26. The molecule has 4 rings (SSSR count). The highest BCUT2D eigenvalue weighted by atomic mass is 32.1. The molecule has 0 N–H and O–H groups in total. The third kappa shape index (κ3) is 3.39. The summed E-state index contributed by atoms with van der Waals surface area (Å²) in [5.74, 6) is 0.164. The predicted molar refractivity (Wildman–Crippen MR) is 97.9 cm³/mol. The zero-order chi connectivity index (χ0) is 18.8. The van der Waals surface area contributed by atoms with Crippen LogP contribution in [0, 0.1) is 18.3 Å². The standard InChI is InChI=1S/C18H16N6O2S/c1-12-15(27-18(22-12)23-7-2-3-8-23)17(25)24-9-4-13(11-24)26-16-14(10-19)20-5-6-21-16/h2-3,5-8,13H,4,9,11H2,1H3. The summed E-state index contributed by atoms with van der Waals surface area (Å²) >= 11 is 1.38. The molecule has 0 bridgehead atoms. The second-order valence-corrected chi connectivity index (χ2v) is 7.08. The second kappa shape index (κ2) is 7.17. The Morgan fingerprint density at radius 1 is 1.33 bits per heavy atom. The van der Waals surface area contributed by atoms with Gasteiger partial charge in [-0.25, -0.2) is 15.0 Å². The Morgan fingerprint density at radius 3 is 2.89 bits per heavy atom. The van der Waals surface area contributed by atoms with E-state index in [1.165, 1.54) is 23.7 Å². The molecule has 0 saturated carbocycles. The summed E-state index contributed by atoms with van der Waals surface area (Å²) in [6, 6.07) is 5.80. The molecule has 1 fully saturated rings. The molecule has 27 heavy (non-hydrogen) atoms. The topological polar surface area (TPSA) is 96.9 Å². The van der Waals surface area contributed by atoms with Crippen molar-refractivity contribution >= 4 is 17.2 Å². The largest absolute Gasteiger partial charge is 0.470 e. The number of amides is 1. The van der Waals surface area contributed by atoms with Gasteiger partial charge in [-0.2, -0.15) is 5.26 Å². The van der Waals surface area contributed by atoms with Crippen LogP contribution in [0.1, 0.15) is 27.5 Å². The highest BCUT2D eigenvalue weighted by Gasteiger charge is 2.31. The van der Waals surface area contributed by atoms with E-state index in [-0.39, 0.29) is 23.6 Å². The van der Waals surface area contributed by atoms with Crippen LogP contribution < -0.4 is 4.74 Å². The fourth-order valence-electron chi connectivity index (χ4n) is 2.95. The molecular weight excluding hydrogens is 364 g/mol. The van der Waals surface area contributed by atoms with Gasteiger partial charge in [-0.15, -0.1) is 0 Å². The van der Waals surface area contributed by atoms with Gasteiger partial charge in [0.2, 0.25) is 5.69 Å². The molecule has 1 aliphatic rings. The molecule has 1 amide bonds. The smallest absolute Gasteiger partial charge is 0.266 e. The third-order valence-electron chi connectivity index (χ3n) is 4.29. The minimum absolute atomic E-state index is 0.0471. The molecule has 136 valence electrons. The summed E-state index contributed by atoms with van der Waals surface area (Å²) in [6.07, 6.45) is 7.20. The zero-order valence-electron chi connectivity index (χ0n) is 14.6. The number of aromatic nitrogens is 4. The van der Waals surface area contributed by atoms with Crippen molar-refractivity contribution in [3.05, 3.63) is 53.2 Å². The molecule has 1 saturated heterocycles. The molecule has 0 spiro atoms. The van der Waals surface area contributed by atoms with E-state index >= 15 is 0 Å². The molecule has 3 aromatic heterocycles. The van der Waals surface area contributed by atoms with Crippen molar-refractivity contribution in [2.24, 2.45) is 0 Å². The summed E-state index contributed by atoms with van der Waals surface area (Å²) in [7, 11) is 0. The van der Waals surface area contributed by atoms with E-state index < -0.39 is 0 Å². The van der Waals surface area contributed by atoms with E-state index in [1.54, 1.807) is 4.90 Å². The first kappa shape index (κ1) is 17.2. The van der Waals surface area contributed by atoms with Gasteiger partial charge in [0, 0.05) is 37.8 Å². The first-order valence-corrected chi connectivity index (χ1v) is 9.25. The van der Waals surface area contributed by atoms with Crippen molar-refractivity contribution in [3.63, 3.8) is 0 Å². The van der Waals surface area contributed by atoms with Crippen LogP contribution in [-0.2, 0) is 0 Å². The van der Waals surface area contributed by atoms with Crippen molar-refractivity contribution in [2.75, 3.05) is 13.1 Å². The second-order valence-electron chi connectivity index (χ2n) is 6.10. The molecule has 8 nitrogen and oxygen atoms in total. The number of carbonyl (C=O) groups is 1. The van der Waals surface area contributed by atoms with E-state index in [1.807, 2.05) is 42.1 Å². The number of nitriles is 1. The Morgan fingerprint density at radius 2 is 2.11 bits per heavy atom. The maximum Gasteiger partial charge on any atom is 0.266 e. The minimum Gasteiger partial charge on any atom is -0.470 e. The Labute approximate surface area is 159 Å². The lowest BCUT2D eigenvalue weighted by Crippen LogP contribution is -2.31. The monoisotopic (exact) mass is 380 g/mol. The fraction of sp³-hybridized carbons (Fsp3) is 0.278. The van der Waals surface area contributed by atoms with Crippen LogP contribution in [0.15, 0.2) is 36.9 Å². The Bertz CT molecular complexity index is 1010. The maximum absolute atomic E-state index is 12.9. The number of ether oxygens (including phenoxy) is 1. The number of hydrogen-bond acceptors (Lipinski definition) is 7. The molecule has 1 atom stereocenters. The molecule has 0 aliphatic carbocycles. The third-order valence-corrected chi connectivity index (χ3v) is 5.44. The molecule has 1 unspecified atom stereocenters. The number of thiazole rings is 1. The van der Waals surface area contributed by atoms with Gasteiger partial charge in [-0.1, -0.05) is 11.3 Å². The van der Waals surface area contributed by atoms with E-state index in [0.29, 0.717) is 24.4 Å². The van der Waals surface area contributed by atoms with Crippen molar-refractivity contribution in [2.45, 2.75) is 19.4 Å². The van der Waals surface area contributed by atoms with Crippen LogP contribution in [0.25, 0.3) is 5.13 Å². The average molecular weight is 380 g/mol. The van der Waals surface area contributed by atoms with Gasteiger partial charge >= 0.3 is 0 Å².